The molecule has 2 aliphatic rings. The molecule has 0 unspecified atom stereocenters. The summed E-state index contributed by atoms with van der Waals surface area (Å²) in [5.74, 6) is 1.35. The van der Waals surface area contributed by atoms with Gasteiger partial charge in [0.15, 0.2) is 0 Å². The predicted octanol–water partition coefficient (Wildman–Crippen LogP) is 4.45. The Bertz CT molecular complexity index is 628. The van der Waals surface area contributed by atoms with Crippen LogP contribution < -0.4 is 0 Å². The standard InChI is InChI=1S/C17H20ClN3S/c18-15-5-1-12(2-6-15)11-21-9-7-14(8-10-21)17-20-19-16(22-17)13-3-4-13/h1-2,5-6,13-14H,3-4,7-11H2. The first-order chi connectivity index (χ1) is 10.8. The van der Waals surface area contributed by atoms with E-state index >= 15 is 0 Å². The maximum Gasteiger partial charge on any atom is 0.120 e. The van der Waals surface area contributed by atoms with Gasteiger partial charge in [0.1, 0.15) is 10.0 Å². The third-order valence-corrected chi connectivity index (χ3v) is 6.14. The molecule has 0 spiro atoms. The van der Waals surface area contributed by atoms with Crippen LogP contribution in [0.2, 0.25) is 5.02 Å². The maximum atomic E-state index is 5.94. The highest BCUT2D eigenvalue weighted by Crippen LogP contribution is 2.43. The van der Waals surface area contributed by atoms with Crippen molar-refractivity contribution in [3.05, 3.63) is 44.9 Å². The molecular weight excluding hydrogens is 314 g/mol. The summed E-state index contributed by atoms with van der Waals surface area (Å²) in [5.41, 5.74) is 1.34. The van der Waals surface area contributed by atoms with Crippen molar-refractivity contribution >= 4 is 22.9 Å². The van der Waals surface area contributed by atoms with Crippen LogP contribution >= 0.6 is 22.9 Å². The van der Waals surface area contributed by atoms with Crippen molar-refractivity contribution in [1.29, 1.82) is 0 Å². The topological polar surface area (TPSA) is 29.0 Å². The normalized spacial score (nSPS) is 20.4. The fourth-order valence-electron chi connectivity index (χ4n) is 3.09. The second kappa shape index (κ2) is 6.26. The van der Waals surface area contributed by atoms with Crippen LogP contribution in [-0.2, 0) is 6.54 Å². The zero-order valence-corrected chi connectivity index (χ0v) is 14.1. The number of benzene rings is 1. The van der Waals surface area contributed by atoms with Crippen LogP contribution in [0.5, 0.6) is 0 Å². The molecule has 116 valence electrons. The number of hydrogen-bond acceptors (Lipinski definition) is 4. The van der Waals surface area contributed by atoms with Crippen LogP contribution in [0.1, 0.15) is 53.1 Å². The third-order valence-electron chi connectivity index (χ3n) is 4.64. The Kier molecular flexibility index (Phi) is 4.16. The quantitative estimate of drug-likeness (QED) is 0.827. The lowest BCUT2D eigenvalue weighted by atomic mass is 9.97. The average molecular weight is 334 g/mol. The van der Waals surface area contributed by atoms with Crippen LogP contribution in [0.4, 0.5) is 0 Å². The van der Waals surface area contributed by atoms with Gasteiger partial charge < -0.3 is 0 Å². The first-order valence-corrected chi connectivity index (χ1v) is 9.27. The zero-order valence-electron chi connectivity index (χ0n) is 12.5. The molecule has 1 aromatic carbocycles. The number of hydrogen-bond donors (Lipinski definition) is 0. The molecule has 0 atom stereocenters. The molecule has 5 heteroatoms. The molecule has 2 aromatic rings. The second-order valence-corrected chi connectivity index (χ2v) is 7.91. The molecule has 1 saturated carbocycles. The van der Waals surface area contributed by atoms with Crippen LogP contribution in [0, 0.1) is 0 Å². The fourth-order valence-corrected chi connectivity index (χ4v) is 4.40. The molecule has 1 saturated heterocycles. The Hall–Kier alpha value is -0.970. The molecule has 22 heavy (non-hydrogen) atoms. The van der Waals surface area contributed by atoms with Gasteiger partial charge in [-0.25, -0.2) is 0 Å². The highest BCUT2D eigenvalue weighted by Gasteiger charge is 2.30. The molecular formula is C17H20ClN3S. The summed E-state index contributed by atoms with van der Waals surface area (Å²) >= 11 is 7.81. The molecule has 0 N–H and O–H groups in total. The lowest BCUT2D eigenvalue weighted by Gasteiger charge is -2.30. The summed E-state index contributed by atoms with van der Waals surface area (Å²) < 4.78 is 0. The Morgan fingerprint density at radius 3 is 2.14 bits per heavy atom. The van der Waals surface area contributed by atoms with E-state index in [4.69, 9.17) is 11.6 Å². The molecule has 0 amide bonds. The molecule has 1 aromatic heterocycles. The number of piperidine rings is 1. The van der Waals surface area contributed by atoms with Crippen molar-refractivity contribution in [1.82, 2.24) is 15.1 Å². The molecule has 2 heterocycles. The van der Waals surface area contributed by atoms with Gasteiger partial charge in [-0.05, 0) is 56.5 Å². The number of halogens is 1. The van der Waals surface area contributed by atoms with Gasteiger partial charge in [-0.3, -0.25) is 4.90 Å². The van der Waals surface area contributed by atoms with E-state index in [2.05, 4.69) is 27.2 Å². The highest BCUT2D eigenvalue weighted by atomic mass is 35.5. The van der Waals surface area contributed by atoms with Gasteiger partial charge in [-0.1, -0.05) is 23.7 Å². The molecule has 1 aliphatic carbocycles. The SMILES string of the molecule is Clc1ccc(CN2CCC(c3nnc(C4CC4)s3)CC2)cc1. The second-order valence-electron chi connectivity index (χ2n) is 6.43. The average Bonchev–Trinajstić information content (AvgIpc) is 3.28. The van der Waals surface area contributed by atoms with Crippen LogP contribution in [0.25, 0.3) is 0 Å². The summed E-state index contributed by atoms with van der Waals surface area (Å²) in [6, 6.07) is 8.21. The van der Waals surface area contributed by atoms with Gasteiger partial charge in [0.2, 0.25) is 0 Å². The minimum absolute atomic E-state index is 0.617. The zero-order chi connectivity index (χ0) is 14.9. The third kappa shape index (κ3) is 3.34. The summed E-state index contributed by atoms with van der Waals surface area (Å²) in [5, 5.41) is 12.2. The van der Waals surface area contributed by atoms with Crippen molar-refractivity contribution in [3.8, 4) is 0 Å². The number of aromatic nitrogens is 2. The predicted molar refractivity (Wildman–Crippen MR) is 90.6 cm³/mol. The molecule has 0 bridgehead atoms. The smallest absolute Gasteiger partial charge is 0.120 e. The van der Waals surface area contributed by atoms with E-state index in [-0.39, 0.29) is 0 Å². The van der Waals surface area contributed by atoms with Crippen molar-refractivity contribution in [3.63, 3.8) is 0 Å². The van der Waals surface area contributed by atoms with Crippen molar-refractivity contribution in [2.24, 2.45) is 0 Å². The van der Waals surface area contributed by atoms with Crippen molar-refractivity contribution < 1.29 is 0 Å². The van der Waals surface area contributed by atoms with Gasteiger partial charge in [0.05, 0.1) is 0 Å². The van der Waals surface area contributed by atoms with E-state index in [0.29, 0.717) is 5.92 Å². The number of rotatable bonds is 4. The lowest BCUT2D eigenvalue weighted by molar-refractivity contribution is 0.204. The van der Waals surface area contributed by atoms with Gasteiger partial charge in [-0.2, -0.15) is 0 Å². The summed E-state index contributed by atoms with van der Waals surface area (Å²) in [7, 11) is 0. The van der Waals surface area contributed by atoms with E-state index in [0.717, 1.165) is 30.6 Å². The Balaban J connectivity index is 1.32. The van der Waals surface area contributed by atoms with Gasteiger partial charge in [0, 0.05) is 23.4 Å². The molecule has 2 fully saturated rings. The monoisotopic (exact) mass is 333 g/mol. The van der Waals surface area contributed by atoms with Crippen LogP contribution in [0.15, 0.2) is 24.3 Å². The minimum atomic E-state index is 0.617. The maximum absolute atomic E-state index is 5.94. The Labute approximate surface area is 140 Å². The fraction of sp³-hybridized carbons (Fsp3) is 0.529. The first kappa shape index (κ1) is 14.6. The molecule has 3 nitrogen and oxygen atoms in total. The highest BCUT2D eigenvalue weighted by molar-refractivity contribution is 7.11. The lowest BCUT2D eigenvalue weighted by Crippen LogP contribution is -2.32. The van der Waals surface area contributed by atoms with E-state index in [1.165, 1.54) is 41.3 Å². The van der Waals surface area contributed by atoms with Gasteiger partial charge in [-0.15, -0.1) is 21.5 Å². The van der Waals surface area contributed by atoms with E-state index in [1.54, 1.807) is 0 Å². The van der Waals surface area contributed by atoms with E-state index in [1.807, 2.05) is 23.5 Å². The Morgan fingerprint density at radius 1 is 0.955 bits per heavy atom. The summed E-state index contributed by atoms with van der Waals surface area (Å²) in [6.45, 7) is 3.31. The molecule has 1 aliphatic heterocycles. The molecule has 4 rings (SSSR count). The summed E-state index contributed by atoms with van der Waals surface area (Å²) in [4.78, 5) is 2.53. The van der Waals surface area contributed by atoms with Crippen LogP contribution in [-0.4, -0.2) is 28.2 Å². The largest absolute Gasteiger partial charge is 0.299 e. The summed E-state index contributed by atoms with van der Waals surface area (Å²) in [6.07, 6.45) is 5.03. The van der Waals surface area contributed by atoms with Gasteiger partial charge >= 0.3 is 0 Å². The van der Waals surface area contributed by atoms with Gasteiger partial charge in [0.25, 0.3) is 0 Å². The minimum Gasteiger partial charge on any atom is -0.299 e. The molecule has 0 radical (unpaired) electrons. The first-order valence-electron chi connectivity index (χ1n) is 8.08. The number of nitrogens with zero attached hydrogens (tertiary/aromatic N) is 3. The Morgan fingerprint density at radius 2 is 1.55 bits per heavy atom. The van der Waals surface area contributed by atoms with E-state index < -0.39 is 0 Å². The van der Waals surface area contributed by atoms with Crippen molar-refractivity contribution in [2.75, 3.05) is 13.1 Å². The van der Waals surface area contributed by atoms with Crippen LogP contribution in [0.3, 0.4) is 0 Å². The van der Waals surface area contributed by atoms with Crippen molar-refractivity contribution in [2.45, 2.75) is 44.1 Å². The van der Waals surface area contributed by atoms with E-state index in [9.17, 15) is 0 Å². The number of likely N-dealkylation sites (tertiary alicyclic amines) is 1.